The van der Waals surface area contributed by atoms with Crippen LogP contribution in [0.5, 0.6) is 0 Å². The number of hydrogen-bond donors (Lipinski definition) is 2. The largest absolute Gasteiger partial charge is 0.462 e. The van der Waals surface area contributed by atoms with Crippen LogP contribution in [0, 0.1) is 0 Å². The number of rotatable bonds is 13. The van der Waals surface area contributed by atoms with Gasteiger partial charge in [-0.25, -0.2) is 13.2 Å². The molecule has 0 bridgehead atoms. The molecule has 1 unspecified atom stereocenters. The van der Waals surface area contributed by atoms with E-state index in [4.69, 9.17) is 16.3 Å². The fourth-order valence-corrected chi connectivity index (χ4v) is 6.85. The van der Waals surface area contributed by atoms with Gasteiger partial charge in [0.05, 0.1) is 28.1 Å². The summed E-state index contributed by atoms with van der Waals surface area (Å²) in [4.78, 5) is 12.6. The first kappa shape index (κ1) is 33.1. The van der Waals surface area contributed by atoms with Crippen molar-refractivity contribution in [1.82, 2.24) is 5.32 Å². The minimum Gasteiger partial charge on any atom is -0.462 e. The highest BCUT2D eigenvalue weighted by atomic mass is 35.5. The Balaban J connectivity index is 1.27. The fraction of sp³-hybridized carbons (Fsp3) is 0.184. The van der Waals surface area contributed by atoms with Gasteiger partial charge in [-0.3, -0.25) is 0 Å². The number of benzene rings is 5. The van der Waals surface area contributed by atoms with E-state index in [0.717, 1.165) is 22.3 Å². The quantitative estimate of drug-likeness (QED) is 0.128. The van der Waals surface area contributed by atoms with Gasteiger partial charge in [-0.1, -0.05) is 90.5 Å². The van der Waals surface area contributed by atoms with E-state index in [-0.39, 0.29) is 22.4 Å². The van der Waals surface area contributed by atoms with E-state index in [1.165, 1.54) is 0 Å². The molecule has 0 aliphatic carbocycles. The van der Waals surface area contributed by atoms with Crippen LogP contribution in [-0.2, 0) is 27.4 Å². The van der Waals surface area contributed by atoms with Crippen LogP contribution in [0.15, 0.2) is 137 Å². The maximum absolute atomic E-state index is 13.6. The minimum absolute atomic E-state index is 0.166. The average molecular weight is 654 g/mol. The Kier molecular flexibility index (Phi) is 11.0. The maximum Gasteiger partial charge on any atom is 0.338 e. The van der Waals surface area contributed by atoms with Crippen LogP contribution >= 0.6 is 11.6 Å². The molecular formula is C38H36ClNO5S. The number of carbonyl (C=O) groups is 1. The molecule has 0 fully saturated rings. The van der Waals surface area contributed by atoms with Crippen molar-refractivity contribution in [2.75, 3.05) is 13.2 Å². The predicted octanol–water partition coefficient (Wildman–Crippen LogP) is 7.49. The Bertz CT molecular complexity index is 1880. The molecule has 0 aliphatic rings. The molecule has 6 nitrogen and oxygen atoms in total. The van der Waals surface area contributed by atoms with E-state index in [1.807, 2.05) is 66.7 Å². The summed E-state index contributed by atoms with van der Waals surface area (Å²) in [5.74, 6) is -0.424. The third kappa shape index (κ3) is 8.30. The number of carbonyl (C=O) groups excluding carboxylic acids is 1. The van der Waals surface area contributed by atoms with Crippen molar-refractivity contribution in [2.45, 2.75) is 41.7 Å². The van der Waals surface area contributed by atoms with Gasteiger partial charge in [-0.15, -0.1) is 0 Å². The minimum atomic E-state index is -3.79. The van der Waals surface area contributed by atoms with Crippen molar-refractivity contribution in [3.8, 4) is 11.1 Å². The van der Waals surface area contributed by atoms with Crippen LogP contribution in [0.25, 0.3) is 11.1 Å². The Labute approximate surface area is 275 Å². The summed E-state index contributed by atoms with van der Waals surface area (Å²) >= 11 is 6.19. The van der Waals surface area contributed by atoms with E-state index < -0.39 is 21.9 Å². The standard InChI is InChI=1S/C38H36ClNO5S/c1-2-45-38(42)32-14-6-11-29(24-32)30-12-8-16-35(26-30)46(43,44)34-19-17-27(18-20-34)21-22-40-36(23-28-9-4-3-5-10-28)37(41)31-13-7-15-33(39)25-31/h3-20,24-26,36-37,40-41H,2,21-23H2,1H3/t36?,37-/m1/s1. The zero-order valence-corrected chi connectivity index (χ0v) is 27.0. The summed E-state index contributed by atoms with van der Waals surface area (Å²) in [5, 5.41) is 15.3. The van der Waals surface area contributed by atoms with Gasteiger partial charge in [0.15, 0.2) is 0 Å². The third-order valence-electron chi connectivity index (χ3n) is 7.77. The first-order valence-corrected chi connectivity index (χ1v) is 17.0. The molecule has 5 aromatic carbocycles. The number of esters is 1. The van der Waals surface area contributed by atoms with E-state index in [2.05, 4.69) is 5.32 Å². The van der Waals surface area contributed by atoms with Crippen LogP contribution in [-0.4, -0.2) is 38.7 Å². The normalized spacial score (nSPS) is 12.8. The van der Waals surface area contributed by atoms with Crippen molar-refractivity contribution in [2.24, 2.45) is 0 Å². The topological polar surface area (TPSA) is 92.7 Å². The van der Waals surface area contributed by atoms with Crippen LogP contribution in [0.2, 0.25) is 5.02 Å². The molecule has 2 N–H and O–H groups in total. The maximum atomic E-state index is 13.6. The van der Waals surface area contributed by atoms with Crippen LogP contribution in [0.4, 0.5) is 0 Å². The number of halogens is 1. The van der Waals surface area contributed by atoms with Crippen molar-refractivity contribution in [3.05, 3.63) is 155 Å². The van der Waals surface area contributed by atoms with E-state index in [1.54, 1.807) is 67.6 Å². The zero-order chi connectivity index (χ0) is 32.5. The molecule has 0 spiro atoms. The molecule has 0 saturated carbocycles. The SMILES string of the molecule is CCOC(=O)c1cccc(-c2cccc(S(=O)(=O)c3ccc(CCNC(Cc4ccccc4)[C@H](O)c4cccc(Cl)c4)cc3)c2)c1. The number of aliphatic hydroxyl groups is 1. The number of nitrogens with one attached hydrogen (secondary N) is 1. The molecule has 0 amide bonds. The van der Waals surface area contributed by atoms with Gasteiger partial charge in [-0.05, 0) is 103 Å². The molecule has 0 heterocycles. The average Bonchev–Trinajstić information content (AvgIpc) is 3.08. The van der Waals surface area contributed by atoms with Crippen molar-refractivity contribution >= 4 is 27.4 Å². The van der Waals surface area contributed by atoms with Crippen LogP contribution in [0.1, 0.15) is 40.1 Å². The molecular weight excluding hydrogens is 618 g/mol. The van der Waals surface area contributed by atoms with Gasteiger partial charge >= 0.3 is 5.97 Å². The lowest BCUT2D eigenvalue weighted by Gasteiger charge is -2.25. The van der Waals surface area contributed by atoms with E-state index in [0.29, 0.717) is 35.5 Å². The van der Waals surface area contributed by atoms with Crippen LogP contribution in [0.3, 0.4) is 0 Å². The van der Waals surface area contributed by atoms with Gasteiger partial charge in [0.2, 0.25) is 9.84 Å². The van der Waals surface area contributed by atoms with Crippen molar-refractivity contribution < 1.29 is 23.1 Å². The fourth-order valence-electron chi connectivity index (χ4n) is 5.34. The van der Waals surface area contributed by atoms with Gasteiger partial charge < -0.3 is 15.2 Å². The predicted molar refractivity (Wildman–Crippen MR) is 182 cm³/mol. The second kappa shape index (κ2) is 15.3. The highest BCUT2D eigenvalue weighted by molar-refractivity contribution is 7.91. The van der Waals surface area contributed by atoms with Gasteiger partial charge in [0.25, 0.3) is 0 Å². The summed E-state index contributed by atoms with van der Waals surface area (Å²) in [5.41, 5.74) is 4.61. The number of aliphatic hydroxyl groups excluding tert-OH is 1. The Hall–Kier alpha value is -4.27. The number of hydrogen-bond acceptors (Lipinski definition) is 6. The molecule has 5 aromatic rings. The summed E-state index contributed by atoms with van der Waals surface area (Å²) in [7, 11) is -3.79. The lowest BCUT2D eigenvalue weighted by atomic mass is 9.96. The lowest BCUT2D eigenvalue weighted by Crippen LogP contribution is -2.38. The van der Waals surface area contributed by atoms with Crippen molar-refractivity contribution in [1.29, 1.82) is 0 Å². The third-order valence-corrected chi connectivity index (χ3v) is 9.78. The van der Waals surface area contributed by atoms with Gasteiger partial charge in [0.1, 0.15) is 0 Å². The smallest absolute Gasteiger partial charge is 0.338 e. The molecule has 0 aromatic heterocycles. The second-order valence-electron chi connectivity index (χ2n) is 11.0. The lowest BCUT2D eigenvalue weighted by molar-refractivity contribution is 0.0526. The number of sulfone groups is 1. The summed E-state index contributed by atoms with van der Waals surface area (Å²) in [6.45, 7) is 2.60. The van der Waals surface area contributed by atoms with E-state index in [9.17, 15) is 18.3 Å². The first-order chi connectivity index (χ1) is 22.2. The number of ether oxygens (including phenoxy) is 1. The molecule has 0 radical (unpaired) electrons. The zero-order valence-electron chi connectivity index (χ0n) is 25.5. The van der Waals surface area contributed by atoms with Crippen LogP contribution < -0.4 is 5.32 Å². The van der Waals surface area contributed by atoms with Gasteiger partial charge in [0, 0.05) is 11.1 Å². The first-order valence-electron chi connectivity index (χ1n) is 15.2. The Morgan fingerprint density at radius 1 is 0.783 bits per heavy atom. The molecule has 236 valence electrons. The molecule has 46 heavy (non-hydrogen) atoms. The highest BCUT2D eigenvalue weighted by Gasteiger charge is 2.22. The second-order valence-corrected chi connectivity index (χ2v) is 13.4. The molecule has 0 aliphatic heterocycles. The molecule has 2 atom stereocenters. The molecule has 0 saturated heterocycles. The molecule has 8 heteroatoms. The summed E-state index contributed by atoms with van der Waals surface area (Å²) in [6, 6.07) is 37.5. The van der Waals surface area contributed by atoms with Gasteiger partial charge in [-0.2, -0.15) is 0 Å². The highest BCUT2D eigenvalue weighted by Crippen LogP contribution is 2.28. The monoisotopic (exact) mass is 653 g/mol. The van der Waals surface area contributed by atoms with E-state index >= 15 is 0 Å². The summed E-state index contributed by atoms with van der Waals surface area (Å²) < 4.78 is 32.3. The Morgan fingerprint density at radius 3 is 2.20 bits per heavy atom. The summed E-state index contributed by atoms with van der Waals surface area (Å²) in [6.07, 6.45) is 0.493. The Morgan fingerprint density at radius 2 is 1.48 bits per heavy atom. The molecule has 5 rings (SSSR count). The van der Waals surface area contributed by atoms with Crippen molar-refractivity contribution in [3.63, 3.8) is 0 Å².